The molecule has 6 heteroatoms. The summed E-state index contributed by atoms with van der Waals surface area (Å²) in [6, 6.07) is 15.9. The van der Waals surface area contributed by atoms with Crippen LogP contribution in [-0.4, -0.2) is 21.5 Å². The molecule has 168 valence electrons. The predicted molar refractivity (Wildman–Crippen MR) is 128 cm³/mol. The number of rotatable bonds is 5. The highest BCUT2D eigenvalue weighted by atomic mass is 35.5. The number of aryl methyl sites for hydroxylation is 1. The van der Waals surface area contributed by atoms with Crippen LogP contribution in [0.25, 0.3) is 5.69 Å². The van der Waals surface area contributed by atoms with Crippen LogP contribution in [-0.2, 0) is 6.54 Å². The van der Waals surface area contributed by atoms with Gasteiger partial charge in [-0.15, -0.1) is 0 Å². The van der Waals surface area contributed by atoms with Crippen LogP contribution >= 0.6 is 11.6 Å². The zero-order valence-corrected chi connectivity index (χ0v) is 19.3. The minimum absolute atomic E-state index is 0.139. The molecule has 1 aliphatic rings. The Morgan fingerprint density at radius 3 is 2.38 bits per heavy atom. The number of nitrogens with zero attached hydrogens (tertiary/aromatic N) is 2. The van der Waals surface area contributed by atoms with Gasteiger partial charge in [0.15, 0.2) is 0 Å². The monoisotopic (exact) mass is 453 g/mol. The van der Waals surface area contributed by atoms with Crippen molar-refractivity contribution in [2.24, 2.45) is 0 Å². The third-order valence-electron chi connectivity index (χ3n) is 6.33. The summed E-state index contributed by atoms with van der Waals surface area (Å²) in [6.07, 6.45) is 5.50. The molecule has 1 fully saturated rings. The summed E-state index contributed by atoms with van der Waals surface area (Å²) in [7, 11) is 0. The fraction of sp³-hybridized carbons (Fsp3) is 0.346. The summed E-state index contributed by atoms with van der Waals surface area (Å²) >= 11 is 6.07. The van der Waals surface area contributed by atoms with Crippen molar-refractivity contribution >= 4 is 23.3 Å². The van der Waals surface area contributed by atoms with Crippen LogP contribution in [0.2, 0.25) is 5.02 Å². The lowest BCUT2D eigenvalue weighted by Gasteiger charge is -2.34. The van der Waals surface area contributed by atoms with Crippen LogP contribution in [0.4, 0.5) is 14.9 Å². The molecule has 0 aliphatic heterocycles. The Kier molecular flexibility index (Phi) is 6.85. The molecule has 1 N–H and O–H groups in total. The van der Waals surface area contributed by atoms with E-state index in [0.717, 1.165) is 48.3 Å². The maximum absolute atomic E-state index is 13.3. The number of hydrogen-bond acceptors (Lipinski definition) is 1. The van der Waals surface area contributed by atoms with Crippen molar-refractivity contribution in [1.29, 1.82) is 0 Å². The number of hydrogen-bond donors (Lipinski definition) is 1. The molecule has 1 aliphatic carbocycles. The second-order valence-electron chi connectivity index (χ2n) is 8.56. The molecule has 2 aromatic carbocycles. The first-order valence-electron chi connectivity index (χ1n) is 11.2. The van der Waals surface area contributed by atoms with Gasteiger partial charge in [-0.3, -0.25) is 0 Å². The quantitative estimate of drug-likeness (QED) is 0.433. The number of carbonyl (C=O) groups is 1. The fourth-order valence-corrected chi connectivity index (χ4v) is 4.77. The zero-order valence-electron chi connectivity index (χ0n) is 18.6. The van der Waals surface area contributed by atoms with E-state index in [9.17, 15) is 9.18 Å². The molecule has 4 nitrogen and oxygen atoms in total. The molecule has 0 unspecified atom stereocenters. The van der Waals surface area contributed by atoms with Gasteiger partial charge in [0.05, 0.1) is 0 Å². The van der Waals surface area contributed by atoms with Gasteiger partial charge in [0.1, 0.15) is 5.82 Å². The van der Waals surface area contributed by atoms with Gasteiger partial charge in [-0.05, 0) is 86.8 Å². The van der Waals surface area contributed by atoms with Gasteiger partial charge < -0.3 is 14.8 Å². The molecule has 1 heterocycles. The number of benzene rings is 2. The Labute approximate surface area is 194 Å². The second kappa shape index (κ2) is 9.78. The van der Waals surface area contributed by atoms with Gasteiger partial charge in [-0.25, -0.2) is 9.18 Å². The van der Waals surface area contributed by atoms with Crippen LogP contribution in [0.15, 0.2) is 54.6 Å². The Bertz CT molecular complexity index is 1070. The summed E-state index contributed by atoms with van der Waals surface area (Å²) in [4.78, 5) is 15.3. The van der Waals surface area contributed by atoms with Crippen molar-refractivity contribution in [3.8, 4) is 5.69 Å². The number of carbonyl (C=O) groups excluding carboxylic acids is 1. The van der Waals surface area contributed by atoms with Gasteiger partial charge in [-0.1, -0.05) is 30.9 Å². The van der Waals surface area contributed by atoms with E-state index in [1.807, 2.05) is 29.2 Å². The topological polar surface area (TPSA) is 37.3 Å². The third-order valence-corrected chi connectivity index (χ3v) is 6.59. The fourth-order valence-electron chi connectivity index (χ4n) is 4.65. The molecule has 0 atom stereocenters. The summed E-state index contributed by atoms with van der Waals surface area (Å²) in [5.41, 5.74) is 5.00. The average Bonchev–Trinajstić information content (AvgIpc) is 3.07. The largest absolute Gasteiger partial charge is 0.322 e. The van der Waals surface area contributed by atoms with E-state index in [0.29, 0.717) is 17.3 Å². The molecule has 0 spiro atoms. The molecule has 3 aromatic rings. The van der Waals surface area contributed by atoms with E-state index in [1.54, 1.807) is 12.1 Å². The van der Waals surface area contributed by atoms with Crippen molar-refractivity contribution in [2.45, 2.75) is 58.5 Å². The summed E-state index contributed by atoms with van der Waals surface area (Å²) < 4.78 is 15.5. The Morgan fingerprint density at radius 2 is 1.72 bits per heavy atom. The molecule has 0 radical (unpaired) electrons. The lowest BCUT2D eigenvalue weighted by atomic mass is 9.94. The van der Waals surface area contributed by atoms with Crippen molar-refractivity contribution in [1.82, 2.24) is 9.47 Å². The number of anilines is 1. The Balaban J connectivity index is 1.60. The van der Waals surface area contributed by atoms with Gasteiger partial charge in [0.2, 0.25) is 0 Å². The number of halogens is 2. The first-order valence-corrected chi connectivity index (χ1v) is 11.6. The smallest absolute Gasteiger partial charge is 0.318 e. The molecule has 1 aromatic heterocycles. The number of nitrogens with one attached hydrogen (secondary N) is 1. The summed E-state index contributed by atoms with van der Waals surface area (Å²) in [5.74, 6) is -0.318. The lowest BCUT2D eigenvalue weighted by molar-refractivity contribution is 0.162. The van der Waals surface area contributed by atoms with Gasteiger partial charge >= 0.3 is 6.03 Å². The highest BCUT2D eigenvalue weighted by molar-refractivity contribution is 6.30. The first kappa shape index (κ1) is 22.4. The predicted octanol–water partition coefficient (Wildman–Crippen LogP) is 7.25. The maximum Gasteiger partial charge on any atom is 0.322 e. The Morgan fingerprint density at radius 1 is 1.06 bits per heavy atom. The van der Waals surface area contributed by atoms with Gasteiger partial charge in [-0.2, -0.15) is 0 Å². The van der Waals surface area contributed by atoms with Crippen LogP contribution in [0.5, 0.6) is 0 Å². The molecule has 1 saturated carbocycles. The average molecular weight is 454 g/mol. The van der Waals surface area contributed by atoms with Crippen molar-refractivity contribution < 1.29 is 9.18 Å². The summed E-state index contributed by atoms with van der Waals surface area (Å²) in [6.45, 7) is 4.70. The van der Waals surface area contributed by atoms with Crippen LogP contribution in [0.1, 0.15) is 49.1 Å². The van der Waals surface area contributed by atoms with Crippen molar-refractivity contribution in [3.63, 3.8) is 0 Å². The summed E-state index contributed by atoms with van der Waals surface area (Å²) in [5, 5.41) is 3.67. The van der Waals surface area contributed by atoms with E-state index < -0.39 is 0 Å². The maximum atomic E-state index is 13.3. The highest BCUT2D eigenvalue weighted by Gasteiger charge is 2.27. The van der Waals surface area contributed by atoms with Crippen LogP contribution < -0.4 is 5.32 Å². The van der Waals surface area contributed by atoms with Crippen LogP contribution in [0, 0.1) is 19.7 Å². The van der Waals surface area contributed by atoms with E-state index in [2.05, 4.69) is 29.8 Å². The lowest BCUT2D eigenvalue weighted by Crippen LogP contribution is -2.43. The third kappa shape index (κ3) is 4.99. The number of aromatic nitrogens is 1. The van der Waals surface area contributed by atoms with Gasteiger partial charge in [0.25, 0.3) is 0 Å². The first-order chi connectivity index (χ1) is 15.4. The zero-order chi connectivity index (χ0) is 22.7. The number of urea groups is 1. The van der Waals surface area contributed by atoms with Crippen molar-refractivity contribution in [3.05, 3.63) is 82.4 Å². The molecular weight excluding hydrogens is 425 g/mol. The van der Waals surface area contributed by atoms with E-state index in [-0.39, 0.29) is 17.9 Å². The molecular formula is C26H29ClFN3O. The van der Waals surface area contributed by atoms with E-state index >= 15 is 0 Å². The minimum Gasteiger partial charge on any atom is -0.318 e. The molecule has 0 bridgehead atoms. The number of amides is 2. The van der Waals surface area contributed by atoms with Crippen molar-refractivity contribution in [2.75, 3.05) is 5.32 Å². The standard InChI is InChI=1S/C26H29ClFN3O/c1-18-16-20(19(2)31(18)25-14-8-21(27)9-15-25)17-30(24-6-4-3-5-7-24)26(32)29-23-12-10-22(28)11-13-23/h8-16,24H,3-7,17H2,1-2H3,(H,29,32). The van der Waals surface area contributed by atoms with Gasteiger partial charge in [0, 0.05) is 40.4 Å². The highest BCUT2D eigenvalue weighted by Crippen LogP contribution is 2.28. The molecule has 4 rings (SSSR count). The normalized spacial score (nSPS) is 14.4. The van der Waals surface area contributed by atoms with E-state index in [4.69, 9.17) is 11.6 Å². The molecule has 32 heavy (non-hydrogen) atoms. The molecule has 0 saturated heterocycles. The Hall–Kier alpha value is -2.79. The minimum atomic E-state index is -0.318. The molecule has 2 amide bonds. The second-order valence-corrected chi connectivity index (χ2v) is 9.00. The SMILES string of the molecule is Cc1cc(CN(C(=O)Nc2ccc(F)cc2)C2CCCCC2)c(C)n1-c1ccc(Cl)cc1. The van der Waals surface area contributed by atoms with E-state index in [1.165, 1.54) is 18.6 Å². The van der Waals surface area contributed by atoms with Crippen LogP contribution in [0.3, 0.4) is 0 Å².